The molecule has 5 atom stereocenters. The molecule has 0 aromatic heterocycles. The highest BCUT2D eigenvalue weighted by Gasteiger charge is 2.48. The maximum absolute atomic E-state index is 6.32. The molecule has 2 bridgehead atoms. The smallest absolute Gasteiger partial charge is 0.0101 e. The lowest BCUT2D eigenvalue weighted by Gasteiger charge is -2.28. The van der Waals surface area contributed by atoms with Gasteiger partial charge in [0.2, 0.25) is 0 Å². The first kappa shape index (κ1) is 9.51. The molecule has 0 spiro atoms. The van der Waals surface area contributed by atoms with Crippen LogP contribution in [0.1, 0.15) is 46.0 Å². The van der Waals surface area contributed by atoms with Gasteiger partial charge in [0.1, 0.15) is 0 Å². The van der Waals surface area contributed by atoms with Crippen LogP contribution in [0.25, 0.3) is 0 Å². The van der Waals surface area contributed by atoms with Crippen LogP contribution >= 0.6 is 0 Å². The van der Waals surface area contributed by atoms with E-state index in [-0.39, 0.29) is 0 Å². The Labute approximate surface area is 82.1 Å². The molecular weight excluding hydrogens is 158 g/mol. The van der Waals surface area contributed by atoms with Crippen LogP contribution in [-0.2, 0) is 0 Å². The Morgan fingerprint density at radius 3 is 1.85 bits per heavy atom. The van der Waals surface area contributed by atoms with Crippen molar-refractivity contribution in [2.24, 2.45) is 29.4 Å². The average molecular weight is 181 g/mol. The van der Waals surface area contributed by atoms with Gasteiger partial charge < -0.3 is 5.73 Å². The molecule has 0 amide bonds. The molecule has 2 saturated carbocycles. The van der Waals surface area contributed by atoms with Gasteiger partial charge in [0.15, 0.2) is 0 Å². The number of hydrogen-bond acceptors (Lipinski definition) is 1. The Kier molecular flexibility index (Phi) is 2.64. The largest absolute Gasteiger partial charge is 0.327 e. The van der Waals surface area contributed by atoms with Crippen LogP contribution in [0.5, 0.6) is 0 Å². The predicted molar refractivity (Wildman–Crippen MR) is 56.4 cm³/mol. The molecule has 1 heteroatoms. The van der Waals surface area contributed by atoms with Crippen molar-refractivity contribution in [3.8, 4) is 0 Å². The lowest BCUT2D eigenvalue weighted by atomic mass is 9.82. The van der Waals surface area contributed by atoms with E-state index in [1.165, 1.54) is 32.1 Å². The van der Waals surface area contributed by atoms with Gasteiger partial charge in [-0.15, -0.1) is 0 Å². The molecule has 2 aliphatic carbocycles. The van der Waals surface area contributed by atoms with E-state index in [0.29, 0.717) is 6.04 Å². The van der Waals surface area contributed by atoms with Gasteiger partial charge in [-0.3, -0.25) is 0 Å². The van der Waals surface area contributed by atoms with E-state index < -0.39 is 0 Å². The summed E-state index contributed by atoms with van der Waals surface area (Å²) >= 11 is 0. The molecule has 0 heterocycles. The van der Waals surface area contributed by atoms with Crippen molar-refractivity contribution in [3.63, 3.8) is 0 Å². The van der Waals surface area contributed by atoms with Crippen molar-refractivity contribution in [1.29, 1.82) is 0 Å². The van der Waals surface area contributed by atoms with Crippen molar-refractivity contribution in [2.75, 3.05) is 0 Å². The van der Waals surface area contributed by atoms with E-state index in [2.05, 4.69) is 13.8 Å². The fourth-order valence-corrected chi connectivity index (χ4v) is 4.14. The van der Waals surface area contributed by atoms with E-state index in [9.17, 15) is 0 Å². The summed E-state index contributed by atoms with van der Waals surface area (Å²) in [4.78, 5) is 0. The second-order valence-electron chi connectivity index (χ2n) is 4.98. The second-order valence-corrected chi connectivity index (χ2v) is 4.98. The summed E-state index contributed by atoms with van der Waals surface area (Å²) in [6.07, 6.45) is 6.97. The van der Waals surface area contributed by atoms with Crippen LogP contribution in [-0.4, -0.2) is 6.04 Å². The first-order chi connectivity index (χ1) is 6.29. The minimum atomic E-state index is 0.545. The van der Waals surface area contributed by atoms with Crippen LogP contribution in [0.4, 0.5) is 0 Å². The van der Waals surface area contributed by atoms with Crippen molar-refractivity contribution in [3.05, 3.63) is 0 Å². The van der Waals surface area contributed by atoms with E-state index in [1.807, 2.05) is 0 Å². The molecule has 2 aliphatic rings. The number of fused-ring (bicyclic) bond motifs is 2. The molecule has 0 aromatic rings. The summed E-state index contributed by atoms with van der Waals surface area (Å²) in [5, 5.41) is 0. The topological polar surface area (TPSA) is 26.0 Å². The Morgan fingerprint density at radius 1 is 1.00 bits per heavy atom. The zero-order chi connectivity index (χ0) is 9.42. The number of nitrogens with two attached hydrogens (primary N) is 1. The summed E-state index contributed by atoms with van der Waals surface area (Å²) in [5.74, 6) is 3.64. The normalized spacial score (nSPS) is 49.6. The van der Waals surface area contributed by atoms with Crippen LogP contribution in [0.3, 0.4) is 0 Å². The van der Waals surface area contributed by atoms with Crippen LogP contribution in [0, 0.1) is 23.7 Å². The molecule has 1 nitrogen and oxygen atoms in total. The molecule has 3 unspecified atom stereocenters. The highest BCUT2D eigenvalue weighted by Crippen LogP contribution is 2.51. The van der Waals surface area contributed by atoms with E-state index in [4.69, 9.17) is 5.73 Å². The minimum absolute atomic E-state index is 0.545. The van der Waals surface area contributed by atoms with E-state index in [0.717, 1.165) is 23.7 Å². The Morgan fingerprint density at radius 2 is 1.46 bits per heavy atom. The number of rotatable bonds is 2. The van der Waals surface area contributed by atoms with Gasteiger partial charge >= 0.3 is 0 Å². The molecule has 76 valence electrons. The quantitative estimate of drug-likeness (QED) is 0.696. The molecule has 0 aromatic carbocycles. The zero-order valence-corrected chi connectivity index (χ0v) is 9.00. The van der Waals surface area contributed by atoms with Gasteiger partial charge in [-0.05, 0) is 36.5 Å². The maximum atomic E-state index is 6.32. The third kappa shape index (κ3) is 1.32. The Balaban J connectivity index is 2.18. The summed E-state index contributed by atoms with van der Waals surface area (Å²) < 4.78 is 0. The lowest BCUT2D eigenvalue weighted by molar-refractivity contribution is 0.275. The standard InChI is InChI=1S/C12H23N/c1-3-8-9(4-2)11-7-5-6-10(8)12(11)13/h8-12H,3-7,13H2,1-2H3/t8-,9+,10?,11?,12?. The molecule has 2 rings (SSSR count). The lowest BCUT2D eigenvalue weighted by Crippen LogP contribution is -2.36. The van der Waals surface area contributed by atoms with Crippen LogP contribution < -0.4 is 5.73 Å². The number of hydrogen-bond donors (Lipinski definition) is 1. The fourth-order valence-electron chi connectivity index (χ4n) is 4.14. The monoisotopic (exact) mass is 181 g/mol. The summed E-state index contributed by atoms with van der Waals surface area (Å²) in [7, 11) is 0. The molecule has 0 aliphatic heterocycles. The first-order valence-electron chi connectivity index (χ1n) is 6.05. The molecule has 0 radical (unpaired) electrons. The summed E-state index contributed by atoms with van der Waals surface area (Å²) in [6, 6.07) is 0.545. The van der Waals surface area contributed by atoms with Gasteiger partial charge in [-0.1, -0.05) is 33.1 Å². The minimum Gasteiger partial charge on any atom is -0.327 e. The maximum Gasteiger partial charge on any atom is 0.0101 e. The summed E-state index contributed by atoms with van der Waals surface area (Å²) in [6.45, 7) is 4.70. The second kappa shape index (κ2) is 3.61. The van der Waals surface area contributed by atoms with Gasteiger partial charge in [0, 0.05) is 6.04 Å². The van der Waals surface area contributed by atoms with Crippen molar-refractivity contribution < 1.29 is 0 Å². The fraction of sp³-hybridized carbons (Fsp3) is 1.00. The third-order valence-corrected chi connectivity index (χ3v) is 4.66. The Bertz CT molecular complexity index is 160. The molecular formula is C12H23N. The van der Waals surface area contributed by atoms with Crippen molar-refractivity contribution in [1.82, 2.24) is 0 Å². The first-order valence-corrected chi connectivity index (χ1v) is 6.05. The van der Waals surface area contributed by atoms with Crippen molar-refractivity contribution >= 4 is 0 Å². The van der Waals surface area contributed by atoms with E-state index in [1.54, 1.807) is 0 Å². The highest BCUT2D eigenvalue weighted by molar-refractivity contribution is 5.00. The molecule has 13 heavy (non-hydrogen) atoms. The predicted octanol–water partition coefficient (Wildman–Crippen LogP) is 2.80. The van der Waals surface area contributed by atoms with Crippen LogP contribution in [0.15, 0.2) is 0 Å². The van der Waals surface area contributed by atoms with Gasteiger partial charge in [0.05, 0.1) is 0 Å². The zero-order valence-electron chi connectivity index (χ0n) is 9.00. The third-order valence-electron chi connectivity index (χ3n) is 4.66. The molecule has 0 saturated heterocycles. The SMILES string of the molecule is CC[C@@H]1C2CCCC(C2N)[C@@H]1CC. The van der Waals surface area contributed by atoms with Crippen molar-refractivity contribution in [2.45, 2.75) is 52.0 Å². The molecule has 2 N–H and O–H groups in total. The average Bonchev–Trinajstić information content (AvgIpc) is 2.34. The van der Waals surface area contributed by atoms with Gasteiger partial charge in [0.25, 0.3) is 0 Å². The Hall–Kier alpha value is -0.0400. The van der Waals surface area contributed by atoms with Crippen LogP contribution in [0.2, 0.25) is 0 Å². The summed E-state index contributed by atoms with van der Waals surface area (Å²) in [5.41, 5.74) is 6.32. The van der Waals surface area contributed by atoms with Gasteiger partial charge in [-0.2, -0.15) is 0 Å². The van der Waals surface area contributed by atoms with E-state index >= 15 is 0 Å². The van der Waals surface area contributed by atoms with Gasteiger partial charge in [-0.25, -0.2) is 0 Å². The highest BCUT2D eigenvalue weighted by atomic mass is 14.7. The molecule has 2 fully saturated rings.